The van der Waals surface area contributed by atoms with Gasteiger partial charge in [0.15, 0.2) is 17.5 Å². The molecule has 0 amide bonds. The standard InChI is InChI=1S/C65H43N7/c1-64(2)47-22-12-8-18-41(47)57-49(64)28-32-55-59(57)43-20-10-14-24-51(43)71(55)53-30-26-38(36-66)34-45(53)62-68-61(40-16-6-5-7-17-40)69-63(70-62)46-35-39(37-67)27-31-54(46)72-52-25-15-11-21-44(52)60-56(72)33-29-50-58(60)42-19-9-13-23-48(42)65(50,3)4/h5-35H,1-4H3. The Kier molecular flexibility index (Phi) is 8.67. The largest absolute Gasteiger partial charge is 0.308 e. The molecule has 7 nitrogen and oxygen atoms in total. The Balaban J connectivity index is 1.05. The van der Waals surface area contributed by atoms with Crippen molar-refractivity contribution < 1.29 is 0 Å². The Morgan fingerprint density at radius 3 is 1.26 bits per heavy atom. The number of fused-ring (bicyclic) bond motifs is 14. The molecular weight excluding hydrogens is 879 g/mol. The Morgan fingerprint density at radius 2 is 0.792 bits per heavy atom. The van der Waals surface area contributed by atoms with E-state index in [4.69, 9.17) is 15.0 Å². The summed E-state index contributed by atoms with van der Waals surface area (Å²) in [6.45, 7) is 9.26. The summed E-state index contributed by atoms with van der Waals surface area (Å²) in [5.74, 6) is 1.27. The fourth-order valence-corrected chi connectivity index (χ4v) is 12.3. The first-order chi connectivity index (χ1) is 35.1. The number of benzene rings is 9. The highest BCUT2D eigenvalue weighted by atomic mass is 15.1. The third-order valence-corrected chi connectivity index (χ3v) is 15.6. The quantitative estimate of drug-likeness (QED) is 0.171. The molecule has 338 valence electrons. The highest BCUT2D eigenvalue weighted by Crippen LogP contribution is 2.55. The lowest BCUT2D eigenvalue weighted by Gasteiger charge is -2.21. The highest BCUT2D eigenvalue weighted by Gasteiger charge is 2.39. The number of rotatable bonds is 5. The summed E-state index contributed by atoms with van der Waals surface area (Å²) in [5, 5.41) is 25.7. The number of nitriles is 2. The number of nitrogens with zero attached hydrogens (tertiary/aromatic N) is 7. The zero-order chi connectivity index (χ0) is 48.6. The molecule has 0 atom stereocenters. The smallest absolute Gasteiger partial charge is 0.166 e. The van der Waals surface area contributed by atoms with Crippen LogP contribution in [0.3, 0.4) is 0 Å². The molecule has 2 aliphatic rings. The van der Waals surface area contributed by atoms with E-state index in [1.807, 2.05) is 66.7 Å². The fourth-order valence-electron chi connectivity index (χ4n) is 12.3. The lowest BCUT2D eigenvalue weighted by molar-refractivity contribution is 0.660. The van der Waals surface area contributed by atoms with E-state index in [1.54, 1.807) is 0 Å². The molecule has 3 aromatic heterocycles. The highest BCUT2D eigenvalue weighted by molar-refractivity contribution is 6.19. The molecule has 0 N–H and O–H groups in total. The van der Waals surface area contributed by atoms with Crippen LogP contribution in [0, 0.1) is 22.7 Å². The number of hydrogen-bond acceptors (Lipinski definition) is 5. The zero-order valence-corrected chi connectivity index (χ0v) is 40.0. The lowest BCUT2D eigenvalue weighted by Crippen LogP contribution is -2.14. The van der Waals surface area contributed by atoms with E-state index in [9.17, 15) is 10.5 Å². The van der Waals surface area contributed by atoms with Crippen LogP contribution in [0.2, 0.25) is 0 Å². The average molecular weight is 922 g/mol. The summed E-state index contributed by atoms with van der Waals surface area (Å²) in [6.07, 6.45) is 0. The molecule has 7 heteroatoms. The van der Waals surface area contributed by atoms with E-state index >= 15 is 0 Å². The molecule has 0 saturated carbocycles. The SMILES string of the molecule is CC1(C)c2ccccc2-c2c1ccc1c2c2ccccc2n1-c1ccc(C#N)cc1-c1nc(-c2ccccc2)nc(-c2cc(C#N)ccc2-n2c3ccccc3c3c4c(ccc32)C(C)(C)c2ccccc2-4)n1. The van der Waals surface area contributed by atoms with Crippen LogP contribution in [0.4, 0.5) is 0 Å². The van der Waals surface area contributed by atoms with E-state index in [0.29, 0.717) is 39.7 Å². The number of para-hydroxylation sites is 2. The summed E-state index contributed by atoms with van der Waals surface area (Å²) in [6, 6.07) is 70.1. The molecule has 0 unspecified atom stereocenters. The van der Waals surface area contributed by atoms with Crippen LogP contribution in [0.5, 0.6) is 0 Å². The minimum atomic E-state index is -0.179. The van der Waals surface area contributed by atoms with Crippen LogP contribution < -0.4 is 0 Å². The molecule has 0 fully saturated rings. The van der Waals surface area contributed by atoms with Gasteiger partial charge >= 0.3 is 0 Å². The first-order valence-electron chi connectivity index (χ1n) is 24.4. The summed E-state index contributed by atoms with van der Waals surface area (Å²) >= 11 is 0. The predicted octanol–water partition coefficient (Wildman–Crippen LogP) is 15.4. The van der Waals surface area contributed by atoms with Gasteiger partial charge in [-0.05, 0) is 105 Å². The van der Waals surface area contributed by atoms with Crippen LogP contribution in [0.15, 0.2) is 188 Å². The van der Waals surface area contributed by atoms with Gasteiger partial charge in [-0.15, -0.1) is 0 Å². The van der Waals surface area contributed by atoms with E-state index in [2.05, 4.69) is 170 Å². The van der Waals surface area contributed by atoms with Crippen LogP contribution in [0.1, 0.15) is 61.1 Å². The summed E-state index contributed by atoms with van der Waals surface area (Å²) < 4.78 is 4.61. The van der Waals surface area contributed by atoms with Crippen LogP contribution in [-0.4, -0.2) is 24.1 Å². The van der Waals surface area contributed by atoms with Crippen LogP contribution >= 0.6 is 0 Å². The molecule has 72 heavy (non-hydrogen) atoms. The van der Waals surface area contributed by atoms with Crippen molar-refractivity contribution in [2.45, 2.75) is 38.5 Å². The van der Waals surface area contributed by atoms with Crippen molar-refractivity contribution in [3.05, 3.63) is 221 Å². The number of aromatic nitrogens is 5. The van der Waals surface area contributed by atoms with Crippen LogP contribution in [0.25, 0.3) is 111 Å². The Bertz CT molecular complexity index is 4160. The molecule has 0 saturated heterocycles. The molecule has 0 bridgehead atoms. The average Bonchev–Trinajstić information content (AvgIpc) is 4.09. The maximum atomic E-state index is 10.6. The van der Waals surface area contributed by atoms with Gasteiger partial charge in [-0.2, -0.15) is 10.5 Å². The third kappa shape index (κ3) is 5.68. The minimum Gasteiger partial charge on any atom is -0.308 e. The fraction of sp³-hybridized carbons (Fsp3) is 0.0923. The second kappa shape index (κ2) is 15.0. The van der Waals surface area contributed by atoms with Crippen molar-refractivity contribution in [3.63, 3.8) is 0 Å². The molecule has 9 aromatic carbocycles. The zero-order valence-electron chi connectivity index (χ0n) is 40.0. The lowest BCUT2D eigenvalue weighted by atomic mass is 9.82. The van der Waals surface area contributed by atoms with Crippen molar-refractivity contribution in [1.29, 1.82) is 10.5 Å². The van der Waals surface area contributed by atoms with E-state index in [0.717, 1.165) is 49.8 Å². The van der Waals surface area contributed by atoms with E-state index in [1.165, 1.54) is 55.3 Å². The second-order valence-corrected chi connectivity index (χ2v) is 20.2. The Hall–Kier alpha value is -9.43. The molecular formula is C65H43N7. The van der Waals surface area contributed by atoms with Gasteiger partial charge in [0.2, 0.25) is 0 Å². The number of hydrogen-bond donors (Lipinski definition) is 0. The second-order valence-electron chi connectivity index (χ2n) is 20.2. The Labute approximate surface area is 416 Å². The molecule has 0 spiro atoms. The monoisotopic (exact) mass is 921 g/mol. The van der Waals surface area contributed by atoms with Gasteiger partial charge in [0.1, 0.15) is 0 Å². The molecule has 2 aliphatic carbocycles. The molecule has 12 aromatic rings. The van der Waals surface area contributed by atoms with Gasteiger partial charge in [0, 0.05) is 49.1 Å². The van der Waals surface area contributed by atoms with Gasteiger partial charge < -0.3 is 9.13 Å². The van der Waals surface area contributed by atoms with Crippen molar-refractivity contribution >= 4 is 43.6 Å². The van der Waals surface area contributed by atoms with Crippen molar-refractivity contribution in [1.82, 2.24) is 24.1 Å². The normalized spacial score (nSPS) is 13.8. The van der Waals surface area contributed by atoms with Crippen LogP contribution in [-0.2, 0) is 10.8 Å². The molecule has 0 radical (unpaired) electrons. The summed E-state index contributed by atoms with van der Waals surface area (Å²) in [7, 11) is 0. The van der Waals surface area contributed by atoms with Gasteiger partial charge in [-0.25, -0.2) is 15.0 Å². The minimum absolute atomic E-state index is 0.179. The van der Waals surface area contributed by atoms with Gasteiger partial charge in [-0.3, -0.25) is 0 Å². The summed E-state index contributed by atoms with van der Waals surface area (Å²) in [4.78, 5) is 16.1. The van der Waals surface area contributed by atoms with E-state index < -0.39 is 0 Å². The molecule has 14 rings (SSSR count). The topological polar surface area (TPSA) is 96.1 Å². The molecule has 0 aliphatic heterocycles. The van der Waals surface area contributed by atoms with Gasteiger partial charge in [0.25, 0.3) is 0 Å². The maximum absolute atomic E-state index is 10.6. The van der Waals surface area contributed by atoms with Crippen molar-refractivity contribution in [2.24, 2.45) is 0 Å². The molecule has 3 heterocycles. The first kappa shape index (κ1) is 41.5. The third-order valence-electron chi connectivity index (χ3n) is 15.6. The Morgan fingerprint density at radius 1 is 0.375 bits per heavy atom. The maximum Gasteiger partial charge on any atom is 0.166 e. The van der Waals surface area contributed by atoms with Gasteiger partial charge in [-0.1, -0.05) is 155 Å². The van der Waals surface area contributed by atoms with Crippen molar-refractivity contribution in [2.75, 3.05) is 0 Å². The van der Waals surface area contributed by atoms with Gasteiger partial charge in [0.05, 0.1) is 56.7 Å². The predicted molar refractivity (Wildman–Crippen MR) is 289 cm³/mol. The summed E-state index contributed by atoms with van der Waals surface area (Å²) in [5.41, 5.74) is 18.7. The van der Waals surface area contributed by atoms with Crippen molar-refractivity contribution in [3.8, 4) is 79.9 Å². The first-order valence-corrected chi connectivity index (χ1v) is 24.4. The van der Waals surface area contributed by atoms with E-state index in [-0.39, 0.29) is 10.8 Å².